The van der Waals surface area contributed by atoms with E-state index in [9.17, 15) is 19.5 Å². The minimum absolute atomic E-state index is 0.0616. The normalized spacial score (nSPS) is 10.3. The second kappa shape index (κ2) is 8.68. The van der Waals surface area contributed by atoms with Crippen LogP contribution in [-0.2, 0) is 17.8 Å². The van der Waals surface area contributed by atoms with Gasteiger partial charge in [-0.3, -0.25) is 9.59 Å². The lowest BCUT2D eigenvalue weighted by atomic mass is 10.0. The Labute approximate surface area is 161 Å². The van der Waals surface area contributed by atoms with Crippen molar-refractivity contribution in [3.8, 4) is 0 Å². The summed E-state index contributed by atoms with van der Waals surface area (Å²) in [6, 6.07) is 16.3. The second-order valence-corrected chi connectivity index (χ2v) is 6.03. The molecule has 3 rings (SSSR count). The van der Waals surface area contributed by atoms with Gasteiger partial charge >= 0.3 is 5.97 Å². The Morgan fingerprint density at radius 3 is 2.36 bits per heavy atom. The van der Waals surface area contributed by atoms with E-state index in [4.69, 9.17) is 4.42 Å². The number of anilines is 1. The molecule has 0 aliphatic carbocycles. The maximum atomic E-state index is 12.2. The van der Waals surface area contributed by atoms with Gasteiger partial charge < -0.3 is 20.2 Å². The highest BCUT2D eigenvalue weighted by Gasteiger charge is 2.13. The molecule has 3 N–H and O–H groups in total. The predicted octanol–water partition coefficient (Wildman–Crippen LogP) is 3.09. The Hall–Kier alpha value is -3.87. The van der Waals surface area contributed by atoms with Crippen LogP contribution in [0.3, 0.4) is 0 Å². The first-order valence-corrected chi connectivity index (χ1v) is 8.54. The molecule has 2 amide bonds. The molecule has 0 spiro atoms. The molecule has 7 heteroatoms. The van der Waals surface area contributed by atoms with Crippen LogP contribution in [0.25, 0.3) is 0 Å². The summed E-state index contributed by atoms with van der Waals surface area (Å²) in [6.07, 6.45) is 1.47. The maximum absolute atomic E-state index is 12.2. The summed E-state index contributed by atoms with van der Waals surface area (Å²) in [6.45, 7) is 0.285. The minimum Gasteiger partial charge on any atom is -0.478 e. The molecule has 0 atom stereocenters. The molecule has 0 saturated carbocycles. The summed E-state index contributed by atoms with van der Waals surface area (Å²) in [4.78, 5) is 35.6. The molecule has 0 aliphatic rings. The van der Waals surface area contributed by atoms with Gasteiger partial charge in [0.05, 0.1) is 24.8 Å². The van der Waals surface area contributed by atoms with Crippen LogP contribution in [-0.4, -0.2) is 22.9 Å². The van der Waals surface area contributed by atoms with Gasteiger partial charge in [-0.1, -0.05) is 18.2 Å². The molecule has 2 aromatic carbocycles. The van der Waals surface area contributed by atoms with Crippen LogP contribution in [0.4, 0.5) is 5.69 Å². The van der Waals surface area contributed by atoms with Crippen LogP contribution >= 0.6 is 0 Å². The molecule has 0 saturated heterocycles. The van der Waals surface area contributed by atoms with Crippen molar-refractivity contribution in [3.63, 3.8) is 0 Å². The van der Waals surface area contributed by atoms with Gasteiger partial charge in [-0.05, 0) is 48.0 Å². The number of amides is 2. The van der Waals surface area contributed by atoms with Gasteiger partial charge in [-0.25, -0.2) is 4.79 Å². The Bertz CT molecular complexity index is 978. The Kier molecular flexibility index (Phi) is 5.86. The predicted molar refractivity (Wildman–Crippen MR) is 102 cm³/mol. The Balaban J connectivity index is 1.57. The second-order valence-electron chi connectivity index (χ2n) is 6.03. The molecule has 3 aromatic rings. The van der Waals surface area contributed by atoms with E-state index in [-0.39, 0.29) is 30.3 Å². The topological polar surface area (TPSA) is 109 Å². The summed E-state index contributed by atoms with van der Waals surface area (Å²) in [5.74, 6) is -1.03. The number of rotatable bonds is 7. The number of benzene rings is 2. The first-order valence-electron chi connectivity index (χ1n) is 8.54. The summed E-state index contributed by atoms with van der Waals surface area (Å²) in [5.41, 5.74) is 1.49. The van der Waals surface area contributed by atoms with E-state index in [0.29, 0.717) is 22.6 Å². The molecule has 0 aliphatic heterocycles. The van der Waals surface area contributed by atoms with Crippen molar-refractivity contribution in [1.29, 1.82) is 0 Å². The molecule has 142 valence electrons. The summed E-state index contributed by atoms with van der Waals surface area (Å²) < 4.78 is 5.16. The number of aromatic carboxylic acids is 1. The van der Waals surface area contributed by atoms with Crippen molar-refractivity contribution < 1.29 is 23.9 Å². The maximum Gasteiger partial charge on any atom is 0.335 e. The van der Waals surface area contributed by atoms with Crippen molar-refractivity contribution in [2.24, 2.45) is 0 Å². The van der Waals surface area contributed by atoms with Gasteiger partial charge in [0.25, 0.3) is 5.91 Å². The minimum atomic E-state index is -1.08. The van der Waals surface area contributed by atoms with E-state index >= 15 is 0 Å². The highest BCUT2D eigenvalue weighted by molar-refractivity contribution is 5.97. The van der Waals surface area contributed by atoms with E-state index in [1.54, 1.807) is 54.6 Å². The molecule has 1 aromatic heterocycles. The molecule has 7 nitrogen and oxygen atoms in total. The molecular weight excluding hydrogens is 360 g/mol. The number of hydrogen-bond acceptors (Lipinski definition) is 4. The summed E-state index contributed by atoms with van der Waals surface area (Å²) in [7, 11) is 0. The highest BCUT2D eigenvalue weighted by Crippen LogP contribution is 2.13. The van der Waals surface area contributed by atoms with Gasteiger partial charge in [0.2, 0.25) is 5.91 Å². The van der Waals surface area contributed by atoms with Crippen molar-refractivity contribution in [2.75, 3.05) is 5.32 Å². The van der Waals surface area contributed by atoms with Crippen molar-refractivity contribution in [3.05, 3.63) is 89.4 Å². The van der Waals surface area contributed by atoms with Crippen LogP contribution in [0.15, 0.2) is 71.3 Å². The number of carboxylic acid groups (broad SMARTS) is 1. The van der Waals surface area contributed by atoms with Crippen molar-refractivity contribution >= 4 is 23.5 Å². The number of nitrogens with one attached hydrogen (secondary N) is 2. The SMILES string of the molecule is O=C(Cc1ccccc1C(=O)O)Nc1ccc(C(=O)NCc2ccco2)cc1. The largest absolute Gasteiger partial charge is 0.478 e. The van der Waals surface area contributed by atoms with Gasteiger partial charge in [-0.2, -0.15) is 0 Å². The fourth-order valence-corrected chi connectivity index (χ4v) is 2.65. The van der Waals surface area contributed by atoms with Crippen LogP contribution in [0, 0.1) is 0 Å². The standard InChI is InChI=1S/C21H18N2O5/c24-19(12-15-4-1-2-6-18(15)21(26)27)23-16-9-7-14(8-10-16)20(25)22-13-17-5-3-11-28-17/h1-11H,12-13H2,(H,22,25)(H,23,24)(H,26,27). The van der Waals surface area contributed by atoms with Gasteiger partial charge in [0.1, 0.15) is 5.76 Å². The molecular formula is C21H18N2O5. The molecule has 0 fully saturated rings. The Morgan fingerprint density at radius 1 is 0.929 bits per heavy atom. The van der Waals surface area contributed by atoms with Crippen LogP contribution in [0.5, 0.6) is 0 Å². The average Bonchev–Trinajstić information content (AvgIpc) is 3.20. The smallest absolute Gasteiger partial charge is 0.335 e. The van der Waals surface area contributed by atoms with Crippen LogP contribution < -0.4 is 10.6 Å². The zero-order valence-electron chi connectivity index (χ0n) is 14.8. The quantitative estimate of drug-likeness (QED) is 0.585. The third-order valence-corrected chi connectivity index (χ3v) is 4.03. The zero-order chi connectivity index (χ0) is 19.9. The van der Waals surface area contributed by atoms with E-state index < -0.39 is 5.97 Å². The summed E-state index contributed by atoms with van der Waals surface area (Å²) in [5, 5.41) is 14.6. The number of carboxylic acids is 1. The lowest BCUT2D eigenvalue weighted by Gasteiger charge is -2.08. The number of carbonyl (C=O) groups is 3. The Morgan fingerprint density at radius 2 is 1.68 bits per heavy atom. The molecule has 0 unspecified atom stereocenters. The van der Waals surface area contributed by atoms with Gasteiger partial charge in [0.15, 0.2) is 0 Å². The lowest BCUT2D eigenvalue weighted by Crippen LogP contribution is -2.22. The fourth-order valence-electron chi connectivity index (χ4n) is 2.65. The zero-order valence-corrected chi connectivity index (χ0v) is 14.8. The number of furan rings is 1. The monoisotopic (exact) mass is 378 g/mol. The third-order valence-electron chi connectivity index (χ3n) is 4.03. The van der Waals surface area contributed by atoms with Crippen LogP contribution in [0.2, 0.25) is 0 Å². The summed E-state index contributed by atoms with van der Waals surface area (Å²) >= 11 is 0. The average molecular weight is 378 g/mol. The molecule has 28 heavy (non-hydrogen) atoms. The first-order chi connectivity index (χ1) is 13.5. The van der Waals surface area contributed by atoms with E-state index in [0.717, 1.165) is 0 Å². The van der Waals surface area contributed by atoms with E-state index in [1.807, 2.05) is 0 Å². The fraction of sp³-hybridized carbons (Fsp3) is 0.0952. The lowest BCUT2D eigenvalue weighted by molar-refractivity contribution is -0.115. The van der Waals surface area contributed by atoms with E-state index in [2.05, 4.69) is 10.6 Å². The molecule has 0 bridgehead atoms. The van der Waals surface area contributed by atoms with Gasteiger partial charge in [0, 0.05) is 11.3 Å². The first kappa shape index (κ1) is 18.9. The van der Waals surface area contributed by atoms with Crippen LogP contribution in [0.1, 0.15) is 32.0 Å². The van der Waals surface area contributed by atoms with Crippen molar-refractivity contribution in [1.82, 2.24) is 5.32 Å². The van der Waals surface area contributed by atoms with Crippen molar-refractivity contribution in [2.45, 2.75) is 13.0 Å². The van der Waals surface area contributed by atoms with Gasteiger partial charge in [-0.15, -0.1) is 0 Å². The number of hydrogen-bond donors (Lipinski definition) is 3. The van der Waals surface area contributed by atoms with E-state index in [1.165, 1.54) is 12.3 Å². The molecule has 1 heterocycles. The molecule has 0 radical (unpaired) electrons. The highest BCUT2D eigenvalue weighted by atomic mass is 16.4. The number of carbonyl (C=O) groups excluding carboxylic acids is 2. The third kappa shape index (κ3) is 4.85.